The van der Waals surface area contributed by atoms with Gasteiger partial charge in [-0.05, 0) is 31.9 Å². The molecule has 2 amide bonds. The molecule has 1 aliphatic rings. The van der Waals surface area contributed by atoms with E-state index in [1.165, 1.54) is 0 Å². The zero-order chi connectivity index (χ0) is 17.1. The largest absolute Gasteiger partial charge is 0.342 e. The molecule has 1 aromatic heterocycles. The van der Waals surface area contributed by atoms with E-state index in [1.54, 1.807) is 36.8 Å². The maximum atomic E-state index is 12.9. The van der Waals surface area contributed by atoms with Crippen molar-refractivity contribution in [1.29, 1.82) is 0 Å². The molecule has 2 rings (SSSR count). The number of aromatic nitrogens is 1. The summed E-state index contributed by atoms with van der Waals surface area (Å²) in [4.78, 5) is 43.5. The van der Waals surface area contributed by atoms with Crippen molar-refractivity contribution in [2.45, 2.75) is 46.1 Å². The predicted octanol–water partition coefficient (Wildman–Crippen LogP) is 1.46. The second kappa shape index (κ2) is 6.98. The summed E-state index contributed by atoms with van der Waals surface area (Å²) in [5.74, 6) is -0.384. The third-order valence-corrected chi connectivity index (χ3v) is 4.38. The number of pyridine rings is 1. The van der Waals surface area contributed by atoms with Crippen molar-refractivity contribution < 1.29 is 9.59 Å². The highest BCUT2D eigenvalue weighted by molar-refractivity contribution is 5.99. The fourth-order valence-electron chi connectivity index (χ4n) is 3.09. The highest BCUT2D eigenvalue weighted by Gasteiger charge is 2.36. The van der Waals surface area contributed by atoms with Crippen molar-refractivity contribution in [1.82, 2.24) is 14.8 Å². The van der Waals surface area contributed by atoms with Crippen LogP contribution in [0, 0.1) is 13.8 Å². The molecule has 0 aromatic carbocycles. The second-order valence-corrected chi connectivity index (χ2v) is 6.26. The van der Waals surface area contributed by atoms with E-state index in [0.29, 0.717) is 25.1 Å². The van der Waals surface area contributed by atoms with Crippen molar-refractivity contribution in [3.8, 4) is 0 Å². The molecule has 6 heteroatoms. The van der Waals surface area contributed by atoms with E-state index in [0.717, 1.165) is 18.5 Å². The number of unbranched alkanes of at least 4 members (excludes halogenated alkanes) is 1. The van der Waals surface area contributed by atoms with Crippen LogP contribution in [0.3, 0.4) is 0 Å². The number of nitrogens with zero attached hydrogens (tertiary/aromatic N) is 2. The Balaban J connectivity index is 2.36. The number of carbonyl (C=O) groups excluding carboxylic acids is 2. The minimum absolute atomic E-state index is 0.0424. The minimum atomic E-state index is -0.471. The number of H-pyrrole nitrogens is 1. The van der Waals surface area contributed by atoms with Crippen LogP contribution in [0.25, 0.3) is 0 Å². The molecule has 0 unspecified atom stereocenters. The van der Waals surface area contributed by atoms with Crippen molar-refractivity contribution in [3.05, 3.63) is 33.2 Å². The Bertz CT molecular complexity index is 666. The molecule has 1 fully saturated rings. The lowest BCUT2D eigenvalue weighted by molar-refractivity contribution is -0.138. The number of rotatable bonds is 4. The smallest absolute Gasteiger partial charge is 0.261 e. The van der Waals surface area contributed by atoms with Gasteiger partial charge in [-0.2, -0.15) is 0 Å². The van der Waals surface area contributed by atoms with E-state index in [-0.39, 0.29) is 22.9 Å². The standard InChI is InChI=1S/C17H25N3O3/c1-5-6-7-13-16(22)19(4)8-9-20(13)17(23)14-11(2)10-12(3)18-15(14)21/h10,13H,5-9H2,1-4H3,(H,18,21)/t13-/m1/s1. The van der Waals surface area contributed by atoms with Gasteiger partial charge in [0.1, 0.15) is 11.6 Å². The van der Waals surface area contributed by atoms with E-state index in [1.807, 2.05) is 0 Å². The quantitative estimate of drug-likeness (QED) is 0.913. The molecule has 0 bridgehead atoms. The van der Waals surface area contributed by atoms with Crippen LogP contribution >= 0.6 is 0 Å². The number of hydrogen-bond donors (Lipinski definition) is 1. The van der Waals surface area contributed by atoms with Crippen LogP contribution in [0.4, 0.5) is 0 Å². The first kappa shape index (κ1) is 17.2. The maximum absolute atomic E-state index is 12.9. The Hall–Kier alpha value is -2.11. The van der Waals surface area contributed by atoms with E-state index >= 15 is 0 Å². The van der Waals surface area contributed by atoms with Gasteiger partial charge >= 0.3 is 0 Å². The first-order valence-electron chi connectivity index (χ1n) is 8.13. The fourth-order valence-corrected chi connectivity index (χ4v) is 3.09. The lowest BCUT2D eigenvalue weighted by Crippen LogP contribution is -2.58. The number of likely N-dealkylation sites (N-methyl/N-ethyl adjacent to an activating group) is 1. The molecule has 0 saturated carbocycles. The number of piperazine rings is 1. The van der Waals surface area contributed by atoms with Crippen molar-refractivity contribution in [2.24, 2.45) is 0 Å². The molecule has 1 atom stereocenters. The van der Waals surface area contributed by atoms with Crippen LogP contribution in [0.15, 0.2) is 10.9 Å². The average Bonchev–Trinajstić information content (AvgIpc) is 2.47. The zero-order valence-corrected chi connectivity index (χ0v) is 14.3. The summed E-state index contributed by atoms with van der Waals surface area (Å²) >= 11 is 0. The van der Waals surface area contributed by atoms with Crippen LogP contribution in [-0.2, 0) is 4.79 Å². The van der Waals surface area contributed by atoms with Gasteiger partial charge < -0.3 is 14.8 Å². The summed E-state index contributed by atoms with van der Waals surface area (Å²) in [7, 11) is 1.76. The number of aromatic amines is 1. The summed E-state index contributed by atoms with van der Waals surface area (Å²) in [6.07, 6.45) is 2.46. The summed E-state index contributed by atoms with van der Waals surface area (Å²) in [5, 5.41) is 0. The van der Waals surface area contributed by atoms with Gasteiger partial charge in [0.2, 0.25) is 5.91 Å². The molecular weight excluding hydrogens is 294 g/mol. The van der Waals surface area contributed by atoms with Gasteiger partial charge in [0.05, 0.1) is 0 Å². The van der Waals surface area contributed by atoms with Crippen LogP contribution in [-0.4, -0.2) is 52.8 Å². The van der Waals surface area contributed by atoms with E-state index < -0.39 is 6.04 Å². The SMILES string of the molecule is CCCC[C@@H]1C(=O)N(C)CCN1C(=O)c1c(C)cc(C)[nH]c1=O. The molecule has 0 spiro atoms. The molecule has 0 aliphatic carbocycles. The molecule has 2 heterocycles. The Morgan fingerprint density at radius 2 is 2.00 bits per heavy atom. The molecule has 126 valence electrons. The van der Waals surface area contributed by atoms with Gasteiger partial charge in [0.15, 0.2) is 0 Å². The minimum Gasteiger partial charge on any atom is -0.342 e. The molecule has 6 nitrogen and oxygen atoms in total. The van der Waals surface area contributed by atoms with Gasteiger partial charge in [-0.25, -0.2) is 0 Å². The van der Waals surface area contributed by atoms with E-state index in [9.17, 15) is 14.4 Å². The molecule has 1 aromatic rings. The third-order valence-electron chi connectivity index (χ3n) is 4.38. The predicted molar refractivity (Wildman–Crippen MR) is 88.5 cm³/mol. The number of hydrogen-bond acceptors (Lipinski definition) is 3. The zero-order valence-electron chi connectivity index (χ0n) is 14.3. The number of carbonyl (C=O) groups is 2. The van der Waals surface area contributed by atoms with Gasteiger partial charge in [-0.15, -0.1) is 0 Å². The Labute approximate surface area is 136 Å². The lowest BCUT2D eigenvalue weighted by atomic mass is 10.0. The lowest BCUT2D eigenvalue weighted by Gasteiger charge is -2.39. The molecule has 0 radical (unpaired) electrons. The van der Waals surface area contributed by atoms with Gasteiger partial charge in [-0.1, -0.05) is 19.8 Å². The number of amides is 2. The molecule has 1 saturated heterocycles. The van der Waals surface area contributed by atoms with Crippen molar-refractivity contribution in [3.63, 3.8) is 0 Å². The second-order valence-electron chi connectivity index (χ2n) is 6.26. The highest BCUT2D eigenvalue weighted by Crippen LogP contribution is 2.19. The van der Waals surface area contributed by atoms with Crippen molar-refractivity contribution in [2.75, 3.05) is 20.1 Å². The first-order chi connectivity index (χ1) is 10.9. The summed E-state index contributed by atoms with van der Waals surface area (Å²) in [5.41, 5.74) is 1.14. The normalized spacial score (nSPS) is 18.4. The van der Waals surface area contributed by atoms with E-state index in [2.05, 4.69) is 11.9 Å². The van der Waals surface area contributed by atoms with Gasteiger partial charge in [0.25, 0.3) is 11.5 Å². The Morgan fingerprint density at radius 1 is 1.30 bits per heavy atom. The van der Waals surface area contributed by atoms with Crippen LogP contribution in [0.1, 0.15) is 47.8 Å². The summed E-state index contributed by atoms with van der Waals surface area (Å²) in [6.45, 7) is 6.55. The monoisotopic (exact) mass is 319 g/mol. The van der Waals surface area contributed by atoms with Crippen LogP contribution < -0.4 is 5.56 Å². The molecule has 23 heavy (non-hydrogen) atoms. The Kier molecular flexibility index (Phi) is 5.23. The van der Waals surface area contributed by atoms with Crippen molar-refractivity contribution >= 4 is 11.8 Å². The highest BCUT2D eigenvalue weighted by atomic mass is 16.2. The first-order valence-corrected chi connectivity index (χ1v) is 8.13. The number of aryl methyl sites for hydroxylation is 2. The van der Waals surface area contributed by atoms with Crippen LogP contribution in [0.5, 0.6) is 0 Å². The summed E-state index contributed by atoms with van der Waals surface area (Å²) < 4.78 is 0. The summed E-state index contributed by atoms with van der Waals surface area (Å²) in [6, 6.07) is 1.31. The van der Waals surface area contributed by atoms with Gasteiger partial charge in [-0.3, -0.25) is 14.4 Å². The Morgan fingerprint density at radius 3 is 2.61 bits per heavy atom. The number of nitrogens with one attached hydrogen (secondary N) is 1. The fraction of sp³-hybridized carbons (Fsp3) is 0.588. The molecule has 1 aliphatic heterocycles. The third kappa shape index (κ3) is 3.46. The molecular formula is C17H25N3O3. The van der Waals surface area contributed by atoms with Crippen LogP contribution in [0.2, 0.25) is 0 Å². The van der Waals surface area contributed by atoms with Gasteiger partial charge in [0, 0.05) is 25.8 Å². The average molecular weight is 319 g/mol. The van der Waals surface area contributed by atoms with E-state index in [4.69, 9.17) is 0 Å². The topological polar surface area (TPSA) is 73.5 Å². The molecule has 1 N–H and O–H groups in total. The maximum Gasteiger partial charge on any atom is 0.261 e.